The molecule has 0 saturated carbocycles. The maximum atomic E-state index is 11.3. The smallest absolute Gasteiger partial charge is 0.235 e. The van der Waals surface area contributed by atoms with E-state index in [-0.39, 0.29) is 18.4 Å². The van der Waals surface area contributed by atoms with E-state index < -0.39 is 5.54 Å². The summed E-state index contributed by atoms with van der Waals surface area (Å²) in [4.78, 5) is 11.3. The van der Waals surface area contributed by atoms with Crippen molar-refractivity contribution in [2.24, 2.45) is 0 Å². The van der Waals surface area contributed by atoms with Gasteiger partial charge in [-0.15, -0.1) is 11.6 Å². The van der Waals surface area contributed by atoms with Gasteiger partial charge >= 0.3 is 0 Å². The number of rotatable bonds is 4. The Kier molecular flexibility index (Phi) is 4.77. The number of benzene rings is 1. The van der Waals surface area contributed by atoms with E-state index in [0.717, 1.165) is 10.0 Å². The summed E-state index contributed by atoms with van der Waals surface area (Å²) in [5.41, 5.74) is 0.0313. The van der Waals surface area contributed by atoms with Crippen molar-refractivity contribution in [2.75, 3.05) is 12.5 Å². The average Bonchev–Trinajstić information content (AvgIpc) is 2.29. The van der Waals surface area contributed by atoms with Crippen LogP contribution in [0.5, 0.6) is 0 Å². The van der Waals surface area contributed by atoms with Crippen molar-refractivity contribution < 1.29 is 9.90 Å². The summed E-state index contributed by atoms with van der Waals surface area (Å²) >= 11 is 8.75. The Labute approximate surface area is 108 Å². The first-order valence-corrected chi connectivity index (χ1v) is 6.08. The van der Waals surface area contributed by atoms with Gasteiger partial charge in [0.05, 0.1) is 12.1 Å². The van der Waals surface area contributed by atoms with Crippen LogP contribution in [0.15, 0.2) is 28.7 Å². The minimum atomic E-state index is -0.799. The summed E-state index contributed by atoms with van der Waals surface area (Å²) in [6, 6.07) is 7.40. The largest absolute Gasteiger partial charge is 0.394 e. The highest BCUT2D eigenvalue weighted by Gasteiger charge is 2.27. The van der Waals surface area contributed by atoms with Gasteiger partial charge in [0.2, 0.25) is 5.91 Å². The molecular weight excluding hydrogens is 293 g/mol. The lowest BCUT2D eigenvalue weighted by Gasteiger charge is -2.29. The van der Waals surface area contributed by atoms with E-state index in [1.54, 1.807) is 6.92 Å². The lowest BCUT2D eigenvalue weighted by Crippen LogP contribution is -2.46. The second kappa shape index (κ2) is 5.66. The number of hydrogen-bond donors (Lipinski definition) is 2. The van der Waals surface area contributed by atoms with Gasteiger partial charge in [-0.1, -0.05) is 28.1 Å². The Morgan fingerprint density at radius 3 is 2.50 bits per heavy atom. The Morgan fingerprint density at radius 1 is 1.50 bits per heavy atom. The van der Waals surface area contributed by atoms with Gasteiger partial charge in [0.25, 0.3) is 0 Å². The lowest BCUT2D eigenvalue weighted by atomic mass is 9.93. The molecule has 0 spiro atoms. The molecule has 1 aromatic rings. The lowest BCUT2D eigenvalue weighted by molar-refractivity contribution is -0.121. The minimum Gasteiger partial charge on any atom is -0.394 e. The van der Waals surface area contributed by atoms with E-state index in [4.69, 9.17) is 11.6 Å². The van der Waals surface area contributed by atoms with E-state index in [9.17, 15) is 9.90 Å². The minimum absolute atomic E-state index is 0.119. The van der Waals surface area contributed by atoms with Gasteiger partial charge in [0.15, 0.2) is 0 Å². The standard InChI is InChI=1S/C11H13BrClNO2/c1-11(7-15,14-10(16)6-13)8-2-4-9(12)5-3-8/h2-5,15H,6-7H2,1H3,(H,14,16). The molecule has 16 heavy (non-hydrogen) atoms. The van der Waals surface area contributed by atoms with Crippen molar-refractivity contribution in [3.8, 4) is 0 Å². The molecule has 1 rings (SSSR count). The van der Waals surface area contributed by atoms with Crippen LogP contribution in [0, 0.1) is 0 Å². The van der Waals surface area contributed by atoms with Crippen LogP contribution < -0.4 is 5.32 Å². The van der Waals surface area contributed by atoms with Crippen LogP contribution in [0.1, 0.15) is 12.5 Å². The number of hydrogen-bond acceptors (Lipinski definition) is 2. The third-order valence-electron chi connectivity index (χ3n) is 2.33. The monoisotopic (exact) mass is 305 g/mol. The number of nitrogens with one attached hydrogen (secondary N) is 1. The van der Waals surface area contributed by atoms with Gasteiger partial charge in [-0.25, -0.2) is 0 Å². The molecule has 1 atom stereocenters. The molecule has 0 fully saturated rings. The van der Waals surface area contributed by atoms with Crippen LogP contribution in [0.4, 0.5) is 0 Å². The summed E-state index contributed by atoms with van der Waals surface area (Å²) in [6.07, 6.45) is 0. The maximum Gasteiger partial charge on any atom is 0.235 e. The number of carbonyl (C=O) groups is 1. The topological polar surface area (TPSA) is 49.3 Å². The molecule has 0 aliphatic heterocycles. The van der Waals surface area contributed by atoms with Gasteiger partial charge in [-0.2, -0.15) is 0 Å². The predicted molar refractivity (Wildman–Crippen MR) is 67.4 cm³/mol. The van der Waals surface area contributed by atoms with Crippen LogP contribution in [-0.2, 0) is 10.3 Å². The van der Waals surface area contributed by atoms with E-state index in [1.807, 2.05) is 24.3 Å². The number of halogens is 2. The molecule has 0 radical (unpaired) electrons. The number of alkyl halides is 1. The van der Waals surface area contributed by atoms with Crippen molar-refractivity contribution >= 4 is 33.4 Å². The molecule has 0 heterocycles. The molecule has 1 amide bonds. The number of aliphatic hydroxyl groups is 1. The summed E-state index contributed by atoms with van der Waals surface area (Å²) in [6.45, 7) is 1.57. The quantitative estimate of drug-likeness (QED) is 0.836. The zero-order chi connectivity index (χ0) is 12.2. The predicted octanol–water partition coefficient (Wildman–Crippen LogP) is 2.01. The van der Waals surface area contributed by atoms with Crippen molar-refractivity contribution in [2.45, 2.75) is 12.5 Å². The molecule has 0 bridgehead atoms. The average molecular weight is 307 g/mol. The van der Waals surface area contributed by atoms with Gasteiger partial charge in [-0.05, 0) is 24.6 Å². The van der Waals surface area contributed by atoms with Crippen LogP contribution in [0.3, 0.4) is 0 Å². The summed E-state index contributed by atoms with van der Waals surface area (Å²) in [5.74, 6) is -0.423. The van der Waals surface area contributed by atoms with Crippen molar-refractivity contribution in [1.82, 2.24) is 5.32 Å². The molecular formula is C11H13BrClNO2. The Morgan fingerprint density at radius 2 is 2.06 bits per heavy atom. The van der Waals surface area contributed by atoms with Crippen LogP contribution in [-0.4, -0.2) is 23.5 Å². The molecule has 3 nitrogen and oxygen atoms in total. The summed E-state index contributed by atoms with van der Waals surface area (Å²) in [7, 11) is 0. The first-order chi connectivity index (χ1) is 7.51. The molecule has 1 unspecified atom stereocenters. The number of aliphatic hydroxyl groups excluding tert-OH is 1. The van der Waals surface area contributed by atoms with Gasteiger partial charge < -0.3 is 10.4 Å². The molecule has 0 aromatic heterocycles. The second-order valence-electron chi connectivity index (χ2n) is 3.68. The normalized spacial score (nSPS) is 14.2. The number of amides is 1. The third-order valence-corrected chi connectivity index (χ3v) is 3.11. The fourth-order valence-electron chi connectivity index (χ4n) is 1.36. The molecule has 88 valence electrons. The first kappa shape index (κ1) is 13.5. The Hall–Kier alpha value is -0.580. The van der Waals surface area contributed by atoms with Crippen LogP contribution >= 0.6 is 27.5 Å². The van der Waals surface area contributed by atoms with Gasteiger partial charge in [0, 0.05) is 4.47 Å². The van der Waals surface area contributed by atoms with Crippen molar-refractivity contribution in [3.63, 3.8) is 0 Å². The van der Waals surface area contributed by atoms with E-state index in [1.165, 1.54) is 0 Å². The van der Waals surface area contributed by atoms with Gasteiger partial charge in [-0.3, -0.25) is 4.79 Å². The molecule has 0 aliphatic rings. The Bertz CT molecular complexity index is 369. The zero-order valence-electron chi connectivity index (χ0n) is 8.84. The maximum absolute atomic E-state index is 11.3. The van der Waals surface area contributed by atoms with Crippen molar-refractivity contribution in [3.05, 3.63) is 34.3 Å². The van der Waals surface area contributed by atoms with E-state index >= 15 is 0 Å². The van der Waals surface area contributed by atoms with E-state index in [0.29, 0.717) is 0 Å². The highest BCUT2D eigenvalue weighted by Crippen LogP contribution is 2.22. The van der Waals surface area contributed by atoms with Crippen molar-refractivity contribution in [1.29, 1.82) is 0 Å². The molecule has 0 saturated heterocycles. The second-order valence-corrected chi connectivity index (χ2v) is 4.86. The fourth-order valence-corrected chi connectivity index (χ4v) is 1.69. The fraction of sp³-hybridized carbons (Fsp3) is 0.364. The van der Waals surface area contributed by atoms with Crippen LogP contribution in [0.2, 0.25) is 0 Å². The highest BCUT2D eigenvalue weighted by atomic mass is 79.9. The molecule has 2 N–H and O–H groups in total. The zero-order valence-corrected chi connectivity index (χ0v) is 11.2. The van der Waals surface area contributed by atoms with E-state index in [2.05, 4.69) is 21.2 Å². The molecule has 5 heteroatoms. The Balaban J connectivity index is 2.95. The molecule has 1 aromatic carbocycles. The summed E-state index contributed by atoms with van der Waals surface area (Å²) in [5, 5.41) is 12.1. The first-order valence-electron chi connectivity index (χ1n) is 4.76. The summed E-state index contributed by atoms with van der Waals surface area (Å²) < 4.78 is 0.945. The number of carbonyl (C=O) groups excluding carboxylic acids is 1. The SMILES string of the molecule is CC(CO)(NC(=O)CCl)c1ccc(Br)cc1. The van der Waals surface area contributed by atoms with Crippen LogP contribution in [0.25, 0.3) is 0 Å². The third kappa shape index (κ3) is 3.20. The molecule has 0 aliphatic carbocycles. The highest BCUT2D eigenvalue weighted by molar-refractivity contribution is 9.10. The van der Waals surface area contributed by atoms with Gasteiger partial charge in [0.1, 0.15) is 5.88 Å².